The molecule has 2 unspecified atom stereocenters. The molecule has 0 radical (unpaired) electrons. The average Bonchev–Trinajstić information content (AvgIpc) is 2.36. The molecule has 116 valence electrons. The minimum absolute atomic E-state index is 0.0869. The number of nitrogen functional groups attached to an aromatic ring is 1. The van der Waals surface area contributed by atoms with Crippen LogP contribution in [0.15, 0.2) is 23.1 Å². The molecule has 1 aromatic rings. The molecule has 1 aliphatic rings. The van der Waals surface area contributed by atoms with Crippen molar-refractivity contribution in [2.45, 2.75) is 37.6 Å². The fourth-order valence-corrected chi connectivity index (χ4v) is 3.53. The Morgan fingerprint density at radius 2 is 1.95 bits per heavy atom. The Balaban J connectivity index is 2.33. The Morgan fingerprint density at radius 1 is 1.29 bits per heavy atom. The Kier molecular flexibility index (Phi) is 4.27. The van der Waals surface area contributed by atoms with Crippen molar-refractivity contribution in [3.8, 4) is 0 Å². The third-order valence-electron chi connectivity index (χ3n) is 4.00. The Bertz CT molecular complexity index is 655. The van der Waals surface area contributed by atoms with E-state index in [9.17, 15) is 13.2 Å². The van der Waals surface area contributed by atoms with Gasteiger partial charge in [-0.2, -0.15) is 0 Å². The number of hydrogen-bond donors (Lipinski definition) is 1. The van der Waals surface area contributed by atoms with E-state index in [0.717, 1.165) is 19.1 Å². The molecule has 2 atom stereocenters. The third kappa shape index (κ3) is 3.56. The van der Waals surface area contributed by atoms with E-state index in [2.05, 4.69) is 6.92 Å². The van der Waals surface area contributed by atoms with E-state index in [0.29, 0.717) is 23.7 Å². The lowest BCUT2D eigenvalue weighted by Crippen LogP contribution is -2.44. The zero-order valence-corrected chi connectivity index (χ0v) is 13.5. The normalized spacial score (nSPS) is 23.1. The minimum Gasteiger partial charge on any atom is -0.399 e. The van der Waals surface area contributed by atoms with Crippen LogP contribution < -0.4 is 5.73 Å². The summed E-state index contributed by atoms with van der Waals surface area (Å²) in [6.07, 6.45) is 3.05. The van der Waals surface area contributed by atoms with Gasteiger partial charge in [-0.25, -0.2) is 8.42 Å². The van der Waals surface area contributed by atoms with Crippen molar-refractivity contribution in [3.63, 3.8) is 0 Å². The molecule has 1 fully saturated rings. The lowest BCUT2D eigenvalue weighted by molar-refractivity contribution is 0.0588. The van der Waals surface area contributed by atoms with E-state index in [-0.39, 0.29) is 16.8 Å². The number of likely N-dealkylation sites (tertiary alicyclic amines) is 1. The van der Waals surface area contributed by atoms with Gasteiger partial charge in [0.2, 0.25) is 0 Å². The first-order valence-electron chi connectivity index (χ1n) is 7.10. The van der Waals surface area contributed by atoms with Crippen LogP contribution in [0.25, 0.3) is 0 Å². The highest BCUT2D eigenvalue weighted by molar-refractivity contribution is 7.90. The van der Waals surface area contributed by atoms with Crippen LogP contribution in [-0.2, 0) is 9.84 Å². The van der Waals surface area contributed by atoms with Gasteiger partial charge in [-0.1, -0.05) is 6.92 Å². The molecule has 0 spiro atoms. The molecule has 5 nitrogen and oxygen atoms in total. The van der Waals surface area contributed by atoms with Gasteiger partial charge in [-0.3, -0.25) is 4.79 Å². The standard InChI is InChI=1S/C15H22N2O3S/c1-10-4-5-17(11(2)6-10)15(18)12-7-13(16)9-14(8-12)21(3,19)20/h7-11H,4-6,16H2,1-3H3. The lowest BCUT2D eigenvalue weighted by Gasteiger charge is -2.36. The van der Waals surface area contributed by atoms with Crippen LogP contribution in [0.3, 0.4) is 0 Å². The number of benzene rings is 1. The first-order chi connectivity index (χ1) is 9.68. The number of nitrogens with zero attached hydrogens (tertiary/aromatic N) is 1. The van der Waals surface area contributed by atoms with Crippen molar-refractivity contribution in [1.29, 1.82) is 0 Å². The smallest absolute Gasteiger partial charge is 0.254 e. The zero-order chi connectivity index (χ0) is 15.8. The fourth-order valence-electron chi connectivity index (χ4n) is 2.83. The van der Waals surface area contributed by atoms with Crippen molar-refractivity contribution in [3.05, 3.63) is 23.8 Å². The summed E-state index contributed by atoms with van der Waals surface area (Å²) >= 11 is 0. The SMILES string of the molecule is CC1CCN(C(=O)c2cc(N)cc(S(C)(=O)=O)c2)C(C)C1. The van der Waals surface area contributed by atoms with Gasteiger partial charge < -0.3 is 10.6 Å². The summed E-state index contributed by atoms with van der Waals surface area (Å²) in [5.41, 5.74) is 6.38. The van der Waals surface area contributed by atoms with Crippen LogP contribution >= 0.6 is 0 Å². The Labute approximate surface area is 126 Å². The zero-order valence-electron chi connectivity index (χ0n) is 12.7. The van der Waals surface area contributed by atoms with Gasteiger partial charge in [0.25, 0.3) is 5.91 Å². The molecular weight excluding hydrogens is 288 g/mol. The van der Waals surface area contributed by atoms with E-state index in [1.54, 1.807) is 11.0 Å². The molecule has 6 heteroatoms. The monoisotopic (exact) mass is 310 g/mol. The van der Waals surface area contributed by atoms with E-state index in [1.165, 1.54) is 12.1 Å². The topological polar surface area (TPSA) is 80.5 Å². The maximum Gasteiger partial charge on any atom is 0.254 e. The summed E-state index contributed by atoms with van der Waals surface area (Å²) in [4.78, 5) is 14.5. The van der Waals surface area contributed by atoms with Crippen LogP contribution in [0.4, 0.5) is 5.69 Å². The molecule has 1 aromatic carbocycles. The van der Waals surface area contributed by atoms with E-state index < -0.39 is 9.84 Å². The van der Waals surface area contributed by atoms with Gasteiger partial charge in [0.1, 0.15) is 0 Å². The Morgan fingerprint density at radius 3 is 2.52 bits per heavy atom. The maximum absolute atomic E-state index is 12.6. The van der Waals surface area contributed by atoms with E-state index >= 15 is 0 Å². The van der Waals surface area contributed by atoms with Gasteiger partial charge in [0.05, 0.1) is 4.90 Å². The van der Waals surface area contributed by atoms with Gasteiger partial charge in [-0.15, -0.1) is 0 Å². The Hall–Kier alpha value is -1.56. The molecule has 0 saturated carbocycles. The second-order valence-electron chi connectivity index (χ2n) is 6.04. The summed E-state index contributed by atoms with van der Waals surface area (Å²) in [5, 5.41) is 0. The van der Waals surface area contributed by atoms with Crippen molar-refractivity contribution >= 4 is 21.4 Å². The number of carbonyl (C=O) groups excluding carboxylic acids is 1. The lowest BCUT2D eigenvalue weighted by atomic mass is 9.93. The molecule has 1 amide bonds. The number of hydrogen-bond acceptors (Lipinski definition) is 4. The summed E-state index contributed by atoms with van der Waals surface area (Å²) in [7, 11) is -3.39. The number of carbonyl (C=O) groups is 1. The average molecular weight is 310 g/mol. The predicted molar refractivity (Wildman–Crippen MR) is 82.9 cm³/mol. The van der Waals surface area contributed by atoms with Gasteiger partial charge in [-0.05, 0) is 43.9 Å². The predicted octanol–water partition coefficient (Wildman–Crippen LogP) is 1.93. The van der Waals surface area contributed by atoms with Crippen LogP contribution in [0, 0.1) is 5.92 Å². The first-order valence-corrected chi connectivity index (χ1v) is 8.99. The highest BCUT2D eigenvalue weighted by atomic mass is 32.2. The second-order valence-corrected chi connectivity index (χ2v) is 8.06. The molecule has 0 bridgehead atoms. The highest BCUT2D eigenvalue weighted by Crippen LogP contribution is 2.25. The second kappa shape index (κ2) is 5.67. The number of sulfone groups is 1. The molecule has 2 N–H and O–H groups in total. The first kappa shape index (κ1) is 15.8. The third-order valence-corrected chi connectivity index (χ3v) is 5.10. The van der Waals surface area contributed by atoms with Crippen LogP contribution in [0.5, 0.6) is 0 Å². The molecule has 1 heterocycles. The van der Waals surface area contributed by atoms with E-state index in [1.807, 2.05) is 6.92 Å². The summed E-state index contributed by atoms with van der Waals surface area (Å²) < 4.78 is 23.3. The van der Waals surface area contributed by atoms with Crippen molar-refractivity contribution < 1.29 is 13.2 Å². The van der Waals surface area contributed by atoms with Crippen LogP contribution in [0.2, 0.25) is 0 Å². The number of nitrogens with two attached hydrogens (primary N) is 1. The summed E-state index contributed by atoms with van der Waals surface area (Å²) in [6.45, 7) is 4.90. The molecule has 21 heavy (non-hydrogen) atoms. The molecule has 2 rings (SSSR count). The fraction of sp³-hybridized carbons (Fsp3) is 0.533. The van der Waals surface area contributed by atoms with Crippen molar-refractivity contribution in [2.24, 2.45) is 5.92 Å². The van der Waals surface area contributed by atoms with Crippen LogP contribution in [0.1, 0.15) is 37.0 Å². The van der Waals surface area contributed by atoms with Gasteiger partial charge in [0.15, 0.2) is 9.84 Å². The molecule has 1 saturated heterocycles. The largest absolute Gasteiger partial charge is 0.399 e. The minimum atomic E-state index is -3.39. The van der Waals surface area contributed by atoms with E-state index in [4.69, 9.17) is 5.73 Å². The van der Waals surface area contributed by atoms with Gasteiger partial charge >= 0.3 is 0 Å². The highest BCUT2D eigenvalue weighted by Gasteiger charge is 2.28. The maximum atomic E-state index is 12.6. The number of piperidine rings is 1. The molecule has 0 aliphatic carbocycles. The number of amides is 1. The van der Waals surface area contributed by atoms with Gasteiger partial charge in [0, 0.05) is 30.1 Å². The number of anilines is 1. The quantitative estimate of drug-likeness (QED) is 0.846. The van der Waals surface area contributed by atoms with Crippen molar-refractivity contribution in [2.75, 3.05) is 18.5 Å². The summed E-state index contributed by atoms with van der Waals surface area (Å²) in [5.74, 6) is 0.461. The van der Waals surface area contributed by atoms with Crippen molar-refractivity contribution in [1.82, 2.24) is 4.90 Å². The summed E-state index contributed by atoms with van der Waals surface area (Å²) in [6, 6.07) is 4.50. The molecular formula is C15H22N2O3S. The van der Waals surface area contributed by atoms with Crippen LogP contribution in [-0.4, -0.2) is 38.1 Å². The molecule has 0 aromatic heterocycles. The molecule has 1 aliphatic heterocycles. The number of rotatable bonds is 2.